The SMILES string of the molecule is CCN(CC1CCCN(C(=O)OC(C)(C)C)C1)C(=O)C(C)C. The molecule has 1 heterocycles. The van der Waals surface area contributed by atoms with Gasteiger partial charge in [0.25, 0.3) is 0 Å². The van der Waals surface area contributed by atoms with Gasteiger partial charge in [-0.2, -0.15) is 0 Å². The second-order valence-corrected chi connectivity index (χ2v) is 7.47. The zero-order valence-electron chi connectivity index (χ0n) is 15.0. The van der Waals surface area contributed by atoms with E-state index in [-0.39, 0.29) is 17.9 Å². The van der Waals surface area contributed by atoms with Gasteiger partial charge < -0.3 is 14.5 Å². The predicted octanol–water partition coefficient (Wildman–Crippen LogP) is 3.14. The average molecular weight is 312 g/mol. The van der Waals surface area contributed by atoms with Crippen LogP contribution in [-0.2, 0) is 9.53 Å². The van der Waals surface area contributed by atoms with E-state index in [9.17, 15) is 9.59 Å². The molecule has 0 aromatic rings. The lowest BCUT2D eigenvalue weighted by Crippen LogP contribution is -2.47. The smallest absolute Gasteiger partial charge is 0.410 e. The van der Waals surface area contributed by atoms with Crippen LogP contribution in [0.5, 0.6) is 0 Å². The number of rotatable bonds is 4. The summed E-state index contributed by atoms with van der Waals surface area (Å²) in [7, 11) is 0. The van der Waals surface area contributed by atoms with Crippen molar-refractivity contribution in [3.05, 3.63) is 0 Å². The Morgan fingerprint density at radius 1 is 1.32 bits per heavy atom. The molecule has 0 aromatic heterocycles. The summed E-state index contributed by atoms with van der Waals surface area (Å²) in [4.78, 5) is 28.0. The monoisotopic (exact) mass is 312 g/mol. The van der Waals surface area contributed by atoms with Crippen LogP contribution in [0.15, 0.2) is 0 Å². The highest BCUT2D eigenvalue weighted by molar-refractivity contribution is 5.78. The molecular weight excluding hydrogens is 280 g/mol. The largest absolute Gasteiger partial charge is 0.444 e. The minimum absolute atomic E-state index is 0.0190. The third kappa shape index (κ3) is 5.85. The predicted molar refractivity (Wildman–Crippen MR) is 87.6 cm³/mol. The Morgan fingerprint density at radius 2 is 1.95 bits per heavy atom. The maximum atomic E-state index is 12.2. The molecule has 0 saturated carbocycles. The molecule has 1 unspecified atom stereocenters. The van der Waals surface area contributed by atoms with Crippen LogP contribution in [0.25, 0.3) is 0 Å². The van der Waals surface area contributed by atoms with Gasteiger partial charge in [-0.25, -0.2) is 4.79 Å². The van der Waals surface area contributed by atoms with Gasteiger partial charge in [-0.1, -0.05) is 13.8 Å². The molecule has 0 spiro atoms. The third-order valence-corrected chi connectivity index (χ3v) is 3.84. The first-order valence-electron chi connectivity index (χ1n) is 8.40. The Bertz CT molecular complexity index is 388. The quantitative estimate of drug-likeness (QED) is 0.801. The first kappa shape index (κ1) is 18.8. The van der Waals surface area contributed by atoms with Crippen molar-refractivity contribution in [1.82, 2.24) is 9.80 Å². The molecule has 0 aliphatic carbocycles. The van der Waals surface area contributed by atoms with E-state index >= 15 is 0 Å². The van der Waals surface area contributed by atoms with Crippen molar-refractivity contribution in [1.29, 1.82) is 0 Å². The van der Waals surface area contributed by atoms with Crippen LogP contribution in [0.3, 0.4) is 0 Å². The summed E-state index contributed by atoms with van der Waals surface area (Å²) in [6.07, 6.45) is 1.79. The number of carbonyl (C=O) groups excluding carboxylic acids is 2. The highest BCUT2D eigenvalue weighted by Gasteiger charge is 2.29. The standard InChI is InChI=1S/C17H32N2O3/c1-7-18(15(20)13(2)3)11-14-9-8-10-19(12-14)16(21)22-17(4,5)6/h13-14H,7-12H2,1-6H3. The van der Waals surface area contributed by atoms with Crippen molar-refractivity contribution in [2.45, 2.75) is 60.0 Å². The van der Waals surface area contributed by atoms with Crippen LogP contribution in [0.2, 0.25) is 0 Å². The lowest BCUT2D eigenvalue weighted by molar-refractivity contribution is -0.135. The van der Waals surface area contributed by atoms with Gasteiger partial charge in [0.2, 0.25) is 5.91 Å². The number of piperidine rings is 1. The fourth-order valence-electron chi connectivity index (χ4n) is 2.76. The maximum Gasteiger partial charge on any atom is 0.410 e. The Morgan fingerprint density at radius 3 is 2.45 bits per heavy atom. The number of likely N-dealkylation sites (tertiary alicyclic amines) is 1. The van der Waals surface area contributed by atoms with Gasteiger partial charge in [-0.05, 0) is 46.5 Å². The summed E-state index contributed by atoms with van der Waals surface area (Å²) in [6.45, 7) is 14.4. The topological polar surface area (TPSA) is 49.9 Å². The Hall–Kier alpha value is -1.26. The fraction of sp³-hybridized carbons (Fsp3) is 0.882. The summed E-state index contributed by atoms with van der Waals surface area (Å²) in [5.74, 6) is 0.548. The first-order valence-corrected chi connectivity index (χ1v) is 8.40. The molecular formula is C17H32N2O3. The molecule has 0 aromatic carbocycles. The van der Waals surface area contributed by atoms with Crippen molar-refractivity contribution in [2.75, 3.05) is 26.2 Å². The lowest BCUT2D eigenvalue weighted by Gasteiger charge is -2.36. The van der Waals surface area contributed by atoms with Crippen LogP contribution < -0.4 is 0 Å². The second kappa shape index (κ2) is 7.84. The van der Waals surface area contributed by atoms with Gasteiger partial charge in [-0.15, -0.1) is 0 Å². The molecule has 1 saturated heterocycles. The van der Waals surface area contributed by atoms with Crippen LogP contribution in [0, 0.1) is 11.8 Å². The van der Waals surface area contributed by atoms with E-state index in [4.69, 9.17) is 4.74 Å². The normalized spacial score (nSPS) is 19.2. The molecule has 0 radical (unpaired) electrons. The van der Waals surface area contributed by atoms with E-state index in [0.29, 0.717) is 12.5 Å². The summed E-state index contributed by atoms with van der Waals surface area (Å²) >= 11 is 0. The van der Waals surface area contributed by atoms with Crippen molar-refractivity contribution < 1.29 is 14.3 Å². The van der Waals surface area contributed by atoms with E-state index in [1.165, 1.54) is 0 Å². The number of carbonyl (C=O) groups is 2. The van der Waals surface area contributed by atoms with Gasteiger partial charge in [0.1, 0.15) is 5.60 Å². The number of ether oxygens (including phenoxy) is 1. The summed E-state index contributed by atoms with van der Waals surface area (Å²) in [5, 5.41) is 0. The lowest BCUT2D eigenvalue weighted by atomic mass is 9.97. The molecule has 2 amide bonds. The van der Waals surface area contributed by atoms with E-state index < -0.39 is 5.60 Å². The van der Waals surface area contributed by atoms with Crippen molar-refractivity contribution >= 4 is 12.0 Å². The van der Waals surface area contributed by atoms with Gasteiger partial charge in [0.05, 0.1) is 0 Å². The molecule has 0 bridgehead atoms. The van der Waals surface area contributed by atoms with E-state index in [1.807, 2.05) is 46.4 Å². The zero-order chi connectivity index (χ0) is 16.9. The van der Waals surface area contributed by atoms with Gasteiger partial charge in [-0.3, -0.25) is 4.79 Å². The van der Waals surface area contributed by atoms with Gasteiger partial charge in [0, 0.05) is 32.1 Å². The molecule has 1 rings (SSSR count). The molecule has 1 aliphatic heterocycles. The van der Waals surface area contributed by atoms with E-state index in [2.05, 4.69) is 0 Å². The molecule has 22 heavy (non-hydrogen) atoms. The first-order chi connectivity index (χ1) is 10.1. The molecule has 5 nitrogen and oxygen atoms in total. The third-order valence-electron chi connectivity index (χ3n) is 3.84. The van der Waals surface area contributed by atoms with Crippen molar-refractivity contribution in [3.63, 3.8) is 0 Å². The molecule has 128 valence electrons. The fourth-order valence-corrected chi connectivity index (χ4v) is 2.76. The van der Waals surface area contributed by atoms with Crippen molar-refractivity contribution in [3.8, 4) is 0 Å². The Balaban J connectivity index is 2.59. The summed E-state index contributed by atoms with van der Waals surface area (Å²) in [6, 6.07) is 0. The Kier molecular flexibility index (Phi) is 6.69. The molecule has 5 heteroatoms. The van der Waals surface area contributed by atoms with Crippen LogP contribution in [0.4, 0.5) is 4.79 Å². The highest BCUT2D eigenvalue weighted by atomic mass is 16.6. The average Bonchev–Trinajstić information content (AvgIpc) is 2.42. The second-order valence-electron chi connectivity index (χ2n) is 7.47. The van der Waals surface area contributed by atoms with E-state index in [0.717, 1.165) is 32.5 Å². The van der Waals surface area contributed by atoms with E-state index in [1.54, 1.807) is 4.90 Å². The Labute approximate surface area is 135 Å². The van der Waals surface area contributed by atoms with Crippen molar-refractivity contribution in [2.24, 2.45) is 11.8 Å². The van der Waals surface area contributed by atoms with Gasteiger partial charge >= 0.3 is 6.09 Å². The van der Waals surface area contributed by atoms with Gasteiger partial charge in [0.15, 0.2) is 0 Å². The molecule has 0 N–H and O–H groups in total. The van der Waals surface area contributed by atoms with Crippen LogP contribution in [0.1, 0.15) is 54.4 Å². The minimum atomic E-state index is -0.465. The maximum absolute atomic E-state index is 12.2. The highest BCUT2D eigenvalue weighted by Crippen LogP contribution is 2.21. The number of hydrogen-bond acceptors (Lipinski definition) is 3. The minimum Gasteiger partial charge on any atom is -0.444 e. The molecule has 1 fully saturated rings. The molecule has 1 aliphatic rings. The van der Waals surface area contributed by atoms with Crippen LogP contribution in [-0.4, -0.2) is 53.6 Å². The number of hydrogen-bond donors (Lipinski definition) is 0. The zero-order valence-corrected chi connectivity index (χ0v) is 15.0. The molecule has 1 atom stereocenters. The number of nitrogens with zero attached hydrogens (tertiary/aromatic N) is 2. The van der Waals surface area contributed by atoms with Crippen LogP contribution >= 0.6 is 0 Å². The number of amides is 2. The summed E-state index contributed by atoms with van der Waals surface area (Å²) < 4.78 is 5.45. The summed E-state index contributed by atoms with van der Waals surface area (Å²) in [5.41, 5.74) is -0.465.